The smallest absolute Gasteiger partial charge is 0.227 e. The van der Waals surface area contributed by atoms with Crippen molar-refractivity contribution in [3.8, 4) is 11.5 Å². The Kier molecular flexibility index (Phi) is 6.40. The van der Waals surface area contributed by atoms with Crippen LogP contribution in [-0.2, 0) is 16.0 Å². The first kappa shape index (κ1) is 19.3. The number of hydrogen-bond donors (Lipinski definition) is 1. The van der Waals surface area contributed by atoms with Crippen molar-refractivity contribution in [3.63, 3.8) is 0 Å². The van der Waals surface area contributed by atoms with Gasteiger partial charge in [-0.3, -0.25) is 9.59 Å². The van der Waals surface area contributed by atoms with Crippen molar-refractivity contribution < 1.29 is 14.0 Å². The molecular formula is C21H27N3O3. The molecule has 27 heavy (non-hydrogen) atoms. The van der Waals surface area contributed by atoms with Gasteiger partial charge in [0.25, 0.3) is 0 Å². The van der Waals surface area contributed by atoms with Crippen molar-refractivity contribution in [2.24, 2.45) is 0 Å². The highest BCUT2D eigenvalue weighted by Crippen LogP contribution is 2.22. The lowest BCUT2D eigenvalue weighted by molar-refractivity contribution is -0.127. The predicted octanol–water partition coefficient (Wildman–Crippen LogP) is 2.67. The van der Waals surface area contributed by atoms with Crippen molar-refractivity contribution in [1.82, 2.24) is 15.2 Å². The zero-order valence-electron chi connectivity index (χ0n) is 16.1. The van der Waals surface area contributed by atoms with E-state index in [0.717, 1.165) is 30.8 Å². The largest absolute Gasteiger partial charge is 0.441 e. The second-order valence-corrected chi connectivity index (χ2v) is 7.18. The fraction of sp³-hybridized carbons (Fsp3) is 0.476. The Balaban J connectivity index is 1.48. The average Bonchev–Trinajstić information content (AvgIpc) is 3.26. The maximum absolute atomic E-state index is 12.2. The lowest BCUT2D eigenvalue weighted by atomic mass is 10.1. The van der Waals surface area contributed by atoms with Crippen LogP contribution in [0.4, 0.5) is 0 Å². The second kappa shape index (κ2) is 8.95. The number of aromatic nitrogens is 1. The number of aryl methyl sites for hydroxylation is 2. The van der Waals surface area contributed by atoms with Gasteiger partial charge in [-0.25, -0.2) is 4.98 Å². The minimum Gasteiger partial charge on any atom is -0.441 e. The maximum atomic E-state index is 12.2. The Hall–Kier alpha value is -2.47. The molecule has 1 aromatic heterocycles. The van der Waals surface area contributed by atoms with Gasteiger partial charge in [-0.15, -0.1) is 0 Å². The van der Waals surface area contributed by atoms with Gasteiger partial charge in [-0.1, -0.05) is 17.7 Å². The van der Waals surface area contributed by atoms with E-state index in [-0.39, 0.29) is 24.5 Å². The first-order chi connectivity index (χ1) is 13.0. The van der Waals surface area contributed by atoms with Crippen LogP contribution in [0.1, 0.15) is 36.3 Å². The van der Waals surface area contributed by atoms with E-state index in [1.165, 1.54) is 12.8 Å². The number of nitrogens with one attached hydrogen (secondary N) is 1. The molecule has 2 aromatic rings. The number of carbonyl (C=O) groups excluding carboxylic acids is 2. The number of carbonyl (C=O) groups is 2. The fourth-order valence-electron chi connectivity index (χ4n) is 3.26. The molecule has 1 aliphatic rings. The van der Waals surface area contributed by atoms with E-state index >= 15 is 0 Å². The molecule has 6 heteroatoms. The van der Waals surface area contributed by atoms with Crippen LogP contribution >= 0.6 is 0 Å². The molecule has 1 N–H and O–H groups in total. The van der Waals surface area contributed by atoms with Gasteiger partial charge >= 0.3 is 0 Å². The minimum atomic E-state index is -0.223. The molecule has 0 saturated carbocycles. The van der Waals surface area contributed by atoms with Gasteiger partial charge in [0.05, 0.1) is 18.5 Å². The zero-order valence-corrected chi connectivity index (χ0v) is 16.1. The van der Waals surface area contributed by atoms with Crippen LogP contribution in [0.25, 0.3) is 11.5 Å². The number of amides is 1. The van der Waals surface area contributed by atoms with Crippen LogP contribution in [-0.4, -0.2) is 47.8 Å². The molecule has 1 amide bonds. The number of Topliss-reactive ketones (excluding diaryl/α,β-unsaturated/α-hetero) is 1. The van der Waals surface area contributed by atoms with E-state index in [1.54, 1.807) is 6.92 Å². The highest BCUT2D eigenvalue weighted by atomic mass is 16.4. The average molecular weight is 369 g/mol. The van der Waals surface area contributed by atoms with Gasteiger partial charge in [-0.05, 0) is 51.9 Å². The van der Waals surface area contributed by atoms with E-state index in [9.17, 15) is 9.59 Å². The third kappa shape index (κ3) is 5.50. The molecule has 1 aliphatic heterocycles. The summed E-state index contributed by atoms with van der Waals surface area (Å²) in [5, 5.41) is 2.83. The highest BCUT2D eigenvalue weighted by Gasteiger charge is 2.17. The van der Waals surface area contributed by atoms with E-state index in [2.05, 4.69) is 15.2 Å². The molecule has 0 spiro atoms. The standard InChI is InChI=1S/C21H27N3O3/c1-15-5-7-17(8-6-15)21-23-19(16(2)27-21)13-18(25)14-20(26)22-9-12-24-10-3-4-11-24/h5-8H,3-4,9-14H2,1-2H3,(H,22,26). The van der Waals surface area contributed by atoms with Crippen molar-refractivity contribution in [3.05, 3.63) is 41.3 Å². The van der Waals surface area contributed by atoms with Crippen molar-refractivity contribution in [2.45, 2.75) is 39.5 Å². The number of ketones is 1. The number of oxazole rings is 1. The zero-order chi connectivity index (χ0) is 19.2. The lowest BCUT2D eigenvalue weighted by Gasteiger charge is -2.14. The Morgan fingerprint density at radius 3 is 2.56 bits per heavy atom. The number of likely N-dealkylation sites (tertiary alicyclic amines) is 1. The number of benzene rings is 1. The van der Waals surface area contributed by atoms with Gasteiger partial charge in [0.15, 0.2) is 0 Å². The summed E-state index contributed by atoms with van der Waals surface area (Å²) in [6.45, 7) is 7.45. The SMILES string of the molecule is Cc1ccc(-c2nc(CC(=O)CC(=O)NCCN3CCCC3)c(C)o2)cc1. The summed E-state index contributed by atoms with van der Waals surface area (Å²) in [5.41, 5.74) is 2.63. The van der Waals surface area contributed by atoms with E-state index in [4.69, 9.17) is 4.42 Å². The first-order valence-electron chi connectivity index (χ1n) is 9.55. The molecule has 0 radical (unpaired) electrons. The van der Waals surface area contributed by atoms with Crippen LogP contribution in [0.5, 0.6) is 0 Å². The molecule has 0 bridgehead atoms. The summed E-state index contributed by atoms with van der Waals surface area (Å²) >= 11 is 0. The molecular weight excluding hydrogens is 342 g/mol. The Labute approximate surface area is 160 Å². The summed E-state index contributed by atoms with van der Waals surface area (Å²) in [6.07, 6.45) is 2.45. The third-order valence-corrected chi connectivity index (χ3v) is 4.86. The molecule has 1 saturated heterocycles. The first-order valence-corrected chi connectivity index (χ1v) is 9.55. The van der Waals surface area contributed by atoms with Gasteiger partial charge < -0.3 is 14.6 Å². The van der Waals surface area contributed by atoms with E-state index in [0.29, 0.717) is 23.9 Å². The Bertz CT molecular complexity index is 790. The predicted molar refractivity (Wildman–Crippen MR) is 103 cm³/mol. The molecule has 0 aliphatic carbocycles. The third-order valence-electron chi connectivity index (χ3n) is 4.86. The highest BCUT2D eigenvalue weighted by molar-refractivity contribution is 5.98. The normalized spacial score (nSPS) is 14.4. The maximum Gasteiger partial charge on any atom is 0.227 e. The Morgan fingerprint density at radius 2 is 1.85 bits per heavy atom. The summed E-state index contributed by atoms with van der Waals surface area (Å²) < 4.78 is 5.70. The summed E-state index contributed by atoms with van der Waals surface area (Å²) in [7, 11) is 0. The molecule has 1 aromatic carbocycles. The minimum absolute atomic E-state index is 0.112. The van der Waals surface area contributed by atoms with Crippen LogP contribution in [0.15, 0.2) is 28.7 Å². The van der Waals surface area contributed by atoms with Crippen LogP contribution in [0.3, 0.4) is 0 Å². The Morgan fingerprint density at radius 1 is 1.15 bits per heavy atom. The van der Waals surface area contributed by atoms with E-state index < -0.39 is 0 Å². The number of rotatable bonds is 8. The molecule has 144 valence electrons. The topological polar surface area (TPSA) is 75.4 Å². The van der Waals surface area contributed by atoms with Crippen LogP contribution < -0.4 is 5.32 Å². The van der Waals surface area contributed by atoms with Crippen LogP contribution in [0.2, 0.25) is 0 Å². The second-order valence-electron chi connectivity index (χ2n) is 7.18. The summed E-state index contributed by atoms with van der Waals surface area (Å²) in [5.74, 6) is 0.748. The summed E-state index contributed by atoms with van der Waals surface area (Å²) in [6, 6.07) is 7.87. The molecule has 6 nitrogen and oxygen atoms in total. The molecule has 2 heterocycles. The van der Waals surface area contributed by atoms with Gasteiger partial charge in [0, 0.05) is 18.7 Å². The molecule has 0 atom stereocenters. The molecule has 0 unspecified atom stereocenters. The molecule has 1 fully saturated rings. The van der Waals surface area contributed by atoms with Crippen molar-refractivity contribution in [1.29, 1.82) is 0 Å². The monoisotopic (exact) mass is 369 g/mol. The fourth-order valence-corrected chi connectivity index (χ4v) is 3.26. The van der Waals surface area contributed by atoms with E-state index in [1.807, 2.05) is 31.2 Å². The van der Waals surface area contributed by atoms with Crippen molar-refractivity contribution >= 4 is 11.7 Å². The number of hydrogen-bond acceptors (Lipinski definition) is 5. The summed E-state index contributed by atoms with van der Waals surface area (Å²) in [4.78, 5) is 31.0. The van der Waals surface area contributed by atoms with Gasteiger partial charge in [-0.2, -0.15) is 0 Å². The lowest BCUT2D eigenvalue weighted by Crippen LogP contribution is -2.34. The van der Waals surface area contributed by atoms with Crippen LogP contribution in [0, 0.1) is 13.8 Å². The number of nitrogens with zero attached hydrogens (tertiary/aromatic N) is 2. The van der Waals surface area contributed by atoms with Crippen molar-refractivity contribution in [2.75, 3.05) is 26.2 Å². The quantitative estimate of drug-likeness (QED) is 0.724. The van der Waals surface area contributed by atoms with Gasteiger partial charge in [0.1, 0.15) is 11.5 Å². The molecule has 3 rings (SSSR count). The van der Waals surface area contributed by atoms with Gasteiger partial charge in [0.2, 0.25) is 11.8 Å².